The number of para-hydroxylation sites is 1. The minimum atomic E-state index is -0.804. The van der Waals surface area contributed by atoms with E-state index in [1.165, 1.54) is 0 Å². The van der Waals surface area contributed by atoms with Gasteiger partial charge in [-0.15, -0.1) is 0 Å². The molecule has 1 aliphatic rings. The topological polar surface area (TPSA) is 30.5 Å². The Morgan fingerprint density at radius 2 is 1.55 bits per heavy atom. The molecule has 1 aliphatic heterocycles. The van der Waals surface area contributed by atoms with Crippen LogP contribution < -0.4 is 14.8 Å². The minimum absolute atomic E-state index is 0.804. The van der Waals surface area contributed by atoms with Gasteiger partial charge in [0.15, 0.2) is 0 Å². The summed E-state index contributed by atoms with van der Waals surface area (Å²) < 4.78 is 11.9. The monoisotopic (exact) mass is 381 g/mol. The fourth-order valence-electron chi connectivity index (χ4n) is 3.68. The number of hydrogen-bond donors (Lipinski definition) is 1. The quantitative estimate of drug-likeness (QED) is 0.649. The number of nitrogens with one attached hydrogen (secondary N) is 1. The van der Waals surface area contributed by atoms with Crippen LogP contribution in [0.3, 0.4) is 0 Å². The lowest BCUT2D eigenvalue weighted by molar-refractivity contribution is 0.0729. The lowest BCUT2D eigenvalue weighted by Gasteiger charge is -2.40. The highest BCUT2D eigenvalue weighted by Gasteiger charge is 2.41. The van der Waals surface area contributed by atoms with E-state index in [9.17, 15) is 0 Å². The fourth-order valence-corrected chi connectivity index (χ4v) is 3.68. The third kappa shape index (κ3) is 3.40. The summed E-state index contributed by atoms with van der Waals surface area (Å²) >= 11 is 0. The third-order valence-electron chi connectivity index (χ3n) is 5.28. The van der Waals surface area contributed by atoms with E-state index in [2.05, 4.69) is 30.1 Å². The number of allylic oxidation sites excluding steroid dienone is 1. The van der Waals surface area contributed by atoms with Crippen LogP contribution in [-0.2, 0) is 5.72 Å². The van der Waals surface area contributed by atoms with Gasteiger partial charge < -0.3 is 9.47 Å². The molecule has 0 amide bonds. The van der Waals surface area contributed by atoms with E-state index in [1.807, 2.05) is 79.8 Å². The number of benzene rings is 3. The molecule has 3 aromatic carbocycles. The van der Waals surface area contributed by atoms with E-state index in [4.69, 9.17) is 9.47 Å². The van der Waals surface area contributed by atoms with E-state index < -0.39 is 5.72 Å². The molecule has 144 valence electrons. The van der Waals surface area contributed by atoms with Crippen molar-refractivity contribution >= 4 is 5.57 Å². The molecule has 0 saturated heterocycles. The van der Waals surface area contributed by atoms with Crippen molar-refractivity contribution in [1.82, 2.24) is 5.32 Å². The van der Waals surface area contributed by atoms with Crippen molar-refractivity contribution in [1.29, 1.82) is 0 Å². The summed E-state index contributed by atoms with van der Waals surface area (Å²) in [4.78, 5) is 0. The summed E-state index contributed by atoms with van der Waals surface area (Å²) in [5, 5.41) is 3.40. The standard InChI is InChI=1S/C26H23NO2/c1-19-23(18-13-20-9-5-4-6-10-20)24-11-7-8-12-25(24)29-26(19,27-2)21-14-16-22(28-3)17-15-21/h4-12,14-17,27H,1-3H3/t26-/m0/s1. The molecule has 0 aromatic heterocycles. The van der Waals surface area contributed by atoms with Gasteiger partial charge in [0.1, 0.15) is 11.5 Å². The van der Waals surface area contributed by atoms with Crippen LogP contribution in [0.2, 0.25) is 0 Å². The van der Waals surface area contributed by atoms with Gasteiger partial charge in [0.25, 0.3) is 0 Å². The van der Waals surface area contributed by atoms with Gasteiger partial charge in [-0.2, -0.15) is 0 Å². The van der Waals surface area contributed by atoms with Crippen LogP contribution in [0.1, 0.15) is 23.6 Å². The van der Waals surface area contributed by atoms with Gasteiger partial charge in [0.05, 0.1) is 7.11 Å². The maximum absolute atomic E-state index is 6.55. The Bertz CT molecular complexity index is 1100. The second kappa shape index (κ2) is 7.87. The van der Waals surface area contributed by atoms with Crippen LogP contribution in [0.15, 0.2) is 84.4 Å². The molecule has 0 fully saturated rings. The number of methoxy groups -OCH3 is 1. The first-order chi connectivity index (χ1) is 14.2. The number of hydrogen-bond acceptors (Lipinski definition) is 3. The van der Waals surface area contributed by atoms with Gasteiger partial charge in [-0.1, -0.05) is 42.2 Å². The van der Waals surface area contributed by atoms with Crippen LogP contribution in [-0.4, -0.2) is 14.2 Å². The molecule has 0 bridgehead atoms. The highest BCUT2D eigenvalue weighted by molar-refractivity contribution is 5.87. The lowest BCUT2D eigenvalue weighted by atomic mass is 9.85. The molecule has 3 nitrogen and oxygen atoms in total. The fraction of sp³-hybridized carbons (Fsp3) is 0.154. The summed E-state index contributed by atoms with van der Waals surface area (Å²) in [7, 11) is 3.57. The molecule has 0 aliphatic carbocycles. The molecule has 0 radical (unpaired) electrons. The first kappa shape index (κ1) is 18.9. The van der Waals surface area contributed by atoms with Crippen molar-refractivity contribution in [2.75, 3.05) is 14.2 Å². The lowest BCUT2D eigenvalue weighted by Crippen LogP contribution is -2.48. The van der Waals surface area contributed by atoms with E-state index in [0.717, 1.165) is 39.3 Å². The molecule has 1 N–H and O–H groups in total. The summed E-state index contributed by atoms with van der Waals surface area (Å²) in [6.07, 6.45) is 0. The SMILES string of the molecule is CN[C@]1(c2ccc(OC)cc2)Oc2ccccc2C(C#Cc2ccccc2)=C1C. The Morgan fingerprint density at radius 1 is 0.862 bits per heavy atom. The Morgan fingerprint density at radius 3 is 2.24 bits per heavy atom. The molecule has 0 saturated carbocycles. The normalized spacial score (nSPS) is 17.6. The summed E-state index contributed by atoms with van der Waals surface area (Å²) in [6.45, 7) is 2.08. The molecule has 0 spiro atoms. The van der Waals surface area contributed by atoms with Gasteiger partial charge in [-0.3, -0.25) is 5.32 Å². The van der Waals surface area contributed by atoms with Gasteiger partial charge >= 0.3 is 0 Å². The number of rotatable bonds is 3. The van der Waals surface area contributed by atoms with Crippen molar-refractivity contribution in [3.63, 3.8) is 0 Å². The predicted octanol–water partition coefficient (Wildman–Crippen LogP) is 4.99. The van der Waals surface area contributed by atoms with Crippen LogP contribution in [0, 0.1) is 11.8 Å². The Balaban J connectivity index is 1.90. The predicted molar refractivity (Wildman–Crippen MR) is 117 cm³/mol. The first-order valence-corrected chi connectivity index (χ1v) is 9.58. The molecular formula is C26H23NO2. The molecule has 1 heterocycles. The summed E-state index contributed by atoms with van der Waals surface area (Å²) in [5.41, 5.74) is 4.17. The van der Waals surface area contributed by atoms with Gasteiger partial charge in [0.2, 0.25) is 5.72 Å². The number of likely N-dealkylation sites (N-methyl/N-ethyl adjacent to an activating group) is 1. The molecule has 1 atom stereocenters. The van der Waals surface area contributed by atoms with Crippen molar-refractivity contribution in [2.45, 2.75) is 12.6 Å². The zero-order valence-corrected chi connectivity index (χ0v) is 16.8. The van der Waals surface area contributed by atoms with Crippen LogP contribution in [0.25, 0.3) is 5.57 Å². The molecular weight excluding hydrogens is 358 g/mol. The van der Waals surface area contributed by atoms with Gasteiger partial charge in [-0.25, -0.2) is 0 Å². The molecule has 3 heteroatoms. The van der Waals surface area contributed by atoms with Gasteiger partial charge in [0, 0.05) is 27.8 Å². The average Bonchev–Trinajstić information content (AvgIpc) is 2.79. The zero-order valence-electron chi connectivity index (χ0n) is 16.8. The largest absolute Gasteiger partial charge is 0.497 e. The van der Waals surface area contributed by atoms with Crippen LogP contribution in [0.5, 0.6) is 11.5 Å². The highest BCUT2D eigenvalue weighted by Crippen LogP contribution is 2.44. The van der Waals surface area contributed by atoms with Crippen LogP contribution in [0.4, 0.5) is 0 Å². The zero-order chi connectivity index (χ0) is 20.3. The van der Waals surface area contributed by atoms with E-state index in [0.29, 0.717) is 0 Å². The second-order valence-corrected chi connectivity index (χ2v) is 6.87. The molecule has 29 heavy (non-hydrogen) atoms. The van der Waals surface area contributed by atoms with Crippen molar-refractivity contribution < 1.29 is 9.47 Å². The average molecular weight is 381 g/mol. The van der Waals surface area contributed by atoms with E-state index in [-0.39, 0.29) is 0 Å². The maximum Gasteiger partial charge on any atom is 0.210 e. The Kier molecular flexibility index (Phi) is 5.12. The van der Waals surface area contributed by atoms with Crippen LogP contribution >= 0.6 is 0 Å². The summed E-state index contributed by atoms with van der Waals surface area (Å²) in [5.74, 6) is 8.33. The minimum Gasteiger partial charge on any atom is -0.497 e. The van der Waals surface area contributed by atoms with Crippen molar-refractivity contribution in [3.05, 3.63) is 101 Å². The summed E-state index contributed by atoms with van der Waals surface area (Å²) in [6, 6.07) is 26.0. The van der Waals surface area contributed by atoms with E-state index in [1.54, 1.807) is 7.11 Å². The third-order valence-corrected chi connectivity index (χ3v) is 5.28. The van der Waals surface area contributed by atoms with Crippen molar-refractivity contribution in [2.24, 2.45) is 0 Å². The second-order valence-electron chi connectivity index (χ2n) is 6.87. The first-order valence-electron chi connectivity index (χ1n) is 9.58. The number of fused-ring (bicyclic) bond motifs is 1. The van der Waals surface area contributed by atoms with Gasteiger partial charge in [-0.05, 0) is 62.5 Å². The Hall–Kier alpha value is -3.48. The smallest absolute Gasteiger partial charge is 0.210 e. The molecule has 0 unspecified atom stereocenters. The Labute approximate surface area is 172 Å². The van der Waals surface area contributed by atoms with Crippen molar-refractivity contribution in [3.8, 4) is 23.3 Å². The molecule has 4 rings (SSSR count). The highest BCUT2D eigenvalue weighted by atomic mass is 16.5. The maximum atomic E-state index is 6.55. The van der Waals surface area contributed by atoms with E-state index >= 15 is 0 Å². The molecule has 3 aromatic rings. The number of ether oxygens (including phenoxy) is 2.